The van der Waals surface area contributed by atoms with Crippen LogP contribution < -0.4 is 5.32 Å². The van der Waals surface area contributed by atoms with Crippen LogP contribution in [0.5, 0.6) is 0 Å². The van der Waals surface area contributed by atoms with Gasteiger partial charge >= 0.3 is 11.9 Å². The van der Waals surface area contributed by atoms with Crippen LogP contribution in [-0.4, -0.2) is 50.9 Å². The Bertz CT molecular complexity index is 834. The third kappa shape index (κ3) is 2.74. The first kappa shape index (κ1) is 17.0. The third-order valence-corrected chi connectivity index (χ3v) is 4.64. The van der Waals surface area contributed by atoms with E-state index >= 15 is 0 Å². The number of aromatic carboxylic acids is 1. The van der Waals surface area contributed by atoms with E-state index in [0.29, 0.717) is 6.42 Å². The van der Waals surface area contributed by atoms with Gasteiger partial charge in [-0.05, 0) is 25.0 Å². The molecule has 0 unspecified atom stereocenters. The second-order valence-electron chi connectivity index (χ2n) is 5.67. The highest BCUT2D eigenvalue weighted by Crippen LogP contribution is 2.38. The van der Waals surface area contributed by atoms with Crippen molar-refractivity contribution in [2.75, 3.05) is 0 Å². The molecule has 0 aliphatic carbocycles. The van der Waals surface area contributed by atoms with E-state index < -0.39 is 35.8 Å². The van der Waals surface area contributed by atoms with Crippen molar-refractivity contribution in [2.45, 2.75) is 24.9 Å². The molecule has 2 aliphatic rings. The summed E-state index contributed by atoms with van der Waals surface area (Å²) >= 11 is 5.89. The van der Waals surface area contributed by atoms with Gasteiger partial charge in [0.05, 0.1) is 17.2 Å². The quantitative estimate of drug-likeness (QED) is 0.685. The van der Waals surface area contributed by atoms with Crippen LogP contribution in [0.25, 0.3) is 0 Å². The fourth-order valence-electron chi connectivity index (χ4n) is 3.10. The number of carbonyl (C=O) groups excluding carboxylic acids is 2. The number of carbonyl (C=O) groups is 4. The van der Waals surface area contributed by atoms with E-state index in [9.17, 15) is 24.3 Å². The number of allylic oxidation sites excluding steroid dienone is 1. The monoisotopic (exact) mass is 364 g/mol. The molecule has 1 saturated heterocycles. The van der Waals surface area contributed by atoms with E-state index in [2.05, 4.69) is 5.32 Å². The molecule has 0 aromatic heterocycles. The van der Waals surface area contributed by atoms with E-state index in [1.165, 1.54) is 24.3 Å². The molecule has 1 aromatic carbocycles. The smallest absolute Gasteiger partial charge is 0.353 e. The van der Waals surface area contributed by atoms with Gasteiger partial charge < -0.3 is 15.5 Å². The fraction of sp³-hybridized carbons (Fsp3) is 0.250. The molecule has 8 nitrogen and oxygen atoms in total. The zero-order chi connectivity index (χ0) is 18.3. The first-order valence-electron chi connectivity index (χ1n) is 7.41. The normalized spacial score (nSPS) is 22.1. The largest absolute Gasteiger partial charge is 0.478 e. The molecule has 0 spiro atoms. The summed E-state index contributed by atoms with van der Waals surface area (Å²) in [6, 6.07) is 4.22. The average Bonchev–Trinajstić information content (AvgIpc) is 2.58. The maximum atomic E-state index is 12.4. The molecule has 1 aromatic rings. The molecule has 1 fully saturated rings. The second kappa shape index (κ2) is 6.21. The van der Waals surface area contributed by atoms with Gasteiger partial charge in [0.1, 0.15) is 11.7 Å². The van der Waals surface area contributed by atoms with E-state index in [1.54, 1.807) is 0 Å². The van der Waals surface area contributed by atoms with Gasteiger partial charge in [-0.15, -0.1) is 0 Å². The van der Waals surface area contributed by atoms with Gasteiger partial charge in [0, 0.05) is 5.03 Å². The zero-order valence-corrected chi connectivity index (χ0v) is 13.5. The van der Waals surface area contributed by atoms with Crippen molar-refractivity contribution in [1.82, 2.24) is 10.2 Å². The second-order valence-corrected chi connectivity index (χ2v) is 6.13. The molecule has 0 radical (unpaired) electrons. The fourth-order valence-corrected chi connectivity index (χ4v) is 3.38. The Kier molecular flexibility index (Phi) is 4.22. The molecule has 0 bridgehead atoms. The van der Waals surface area contributed by atoms with Crippen LogP contribution >= 0.6 is 11.6 Å². The predicted molar refractivity (Wildman–Crippen MR) is 85.0 cm³/mol. The van der Waals surface area contributed by atoms with Crippen LogP contribution in [0.1, 0.15) is 33.6 Å². The van der Waals surface area contributed by atoms with Crippen molar-refractivity contribution in [3.05, 3.63) is 46.1 Å². The van der Waals surface area contributed by atoms with Crippen molar-refractivity contribution < 1.29 is 29.4 Å². The molecule has 0 saturated carbocycles. The Morgan fingerprint density at radius 1 is 1.12 bits per heavy atom. The van der Waals surface area contributed by atoms with Crippen molar-refractivity contribution >= 4 is 35.4 Å². The van der Waals surface area contributed by atoms with Crippen LogP contribution in [0, 0.1) is 0 Å². The van der Waals surface area contributed by atoms with Crippen LogP contribution in [-0.2, 0) is 9.59 Å². The number of nitrogens with one attached hydrogen (secondary N) is 1. The molecular formula is C16H13ClN2O6. The molecule has 2 heterocycles. The summed E-state index contributed by atoms with van der Waals surface area (Å²) in [7, 11) is 0. The Balaban J connectivity index is 1.81. The lowest BCUT2D eigenvalue weighted by atomic mass is 9.86. The van der Waals surface area contributed by atoms with Gasteiger partial charge in [-0.25, -0.2) is 9.59 Å². The Hall–Kier alpha value is -2.87. The molecule has 25 heavy (non-hydrogen) atoms. The molecule has 2 aliphatic heterocycles. The first-order valence-corrected chi connectivity index (χ1v) is 7.79. The minimum Gasteiger partial charge on any atom is -0.478 e. The maximum Gasteiger partial charge on any atom is 0.353 e. The van der Waals surface area contributed by atoms with Gasteiger partial charge in [0.25, 0.3) is 11.8 Å². The van der Waals surface area contributed by atoms with Crippen LogP contribution in [0.2, 0.25) is 0 Å². The summed E-state index contributed by atoms with van der Waals surface area (Å²) in [6.07, 6.45) is 0.697. The Morgan fingerprint density at radius 3 is 2.36 bits per heavy atom. The number of fused-ring (bicyclic) bond motifs is 1. The summed E-state index contributed by atoms with van der Waals surface area (Å²) in [4.78, 5) is 48.2. The Morgan fingerprint density at radius 2 is 1.76 bits per heavy atom. The van der Waals surface area contributed by atoms with Gasteiger partial charge in [-0.3, -0.25) is 14.5 Å². The highest BCUT2D eigenvalue weighted by atomic mass is 35.5. The van der Waals surface area contributed by atoms with Crippen LogP contribution in [0.4, 0.5) is 0 Å². The molecule has 3 N–H and O–H groups in total. The van der Waals surface area contributed by atoms with E-state index in [0.717, 1.165) is 4.90 Å². The van der Waals surface area contributed by atoms with Crippen molar-refractivity contribution in [3.8, 4) is 0 Å². The van der Waals surface area contributed by atoms with Gasteiger partial charge in [0.15, 0.2) is 0 Å². The number of nitrogens with zero attached hydrogens (tertiary/aromatic N) is 1. The summed E-state index contributed by atoms with van der Waals surface area (Å²) in [5, 5.41) is 20.9. The standard InChI is InChI=1S/C16H13ClN2O6/c17-9-5-6-10-11(14(21)19(10)12(9)16(24)25)18-13(20)7-3-1-2-4-8(7)15(22)23/h1-4,10-11H,5-6H2,(H,18,20)(H,22,23)(H,24,25)/t10-,11+/m1/s1. The molecule has 9 heteroatoms. The minimum absolute atomic E-state index is 0.0657. The van der Waals surface area contributed by atoms with Crippen molar-refractivity contribution in [2.24, 2.45) is 0 Å². The van der Waals surface area contributed by atoms with Crippen LogP contribution in [0.15, 0.2) is 35.0 Å². The number of carboxylic acid groups (broad SMARTS) is 2. The van der Waals surface area contributed by atoms with Crippen LogP contribution in [0.3, 0.4) is 0 Å². The number of β-lactam (4-membered cyclic amide) rings is 1. The number of hydrogen-bond acceptors (Lipinski definition) is 4. The molecule has 130 valence electrons. The number of halogens is 1. The summed E-state index contributed by atoms with van der Waals surface area (Å²) in [6.45, 7) is 0. The lowest BCUT2D eigenvalue weighted by Crippen LogP contribution is -2.71. The Labute approximate surface area is 146 Å². The summed E-state index contributed by atoms with van der Waals surface area (Å²) < 4.78 is 0. The van der Waals surface area contributed by atoms with E-state index in [4.69, 9.17) is 16.7 Å². The van der Waals surface area contributed by atoms with E-state index in [-0.39, 0.29) is 28.3 Å². The minimum atomic E-state index is -1.30. The lowest BCUT2D eigenvalue weighted by molar-refractivity contribution is -0.153. The average molecular weight is 365 g/mol. The molecule has 2 atom stereocenters. The van der Waals surface area contributed by atoms with Gasteiger partial charge in [-0.1, -0.05) is 23.7 Å². The number of hydrogen-bond donors (Lipinski definition) is 3. The number of amides is 2. The topological polar surface area (TPSA) is 124 Å². The predicted octanol–water partition coefficient (Wildman–Crippen LogP) is 1.02. The SMILES string of the molecule is O=C(O)C1=C(Cl)CC[C@@H]2[C@H](NC(=O)c3ccccc3C(=O)O)C(=O)N12. The highest BCUT2D eigenvalue weighted by Gasteiger charge is 2.53. The molecule has 3 rings (SSSR count). The number of rotatable bonds is 4. The van der Waals surface area contributed by atoms with Crippen molar-refractivity contribution in [3.63, 3.8) is 0 Å². The molecular weight excluding hydrogens is 352 g/mol. The van der Waals surface area contributed by atoms with Gasteiger partial charge in [-0.2, -0.15) is 0 Å². The van der Waals surface area contributed by atoms with Crippen molar-refractivity contribution in [1.29, 1.82) is 0 Å². The van der Waals surface area contributed by atoms with Gasteiger partial charge in [0.2, 0.25) is 0 Å². The summed E-state index contributed by atoms with van der Waals surface area (Å²) in [5.74, 6) is -3.84. The van der Waals surface area contributed by atoms with E-state index in [1.807, 2.05) is 0 Å². The number of benzene rings is 1. The lowest BCUT2D eigenvalue weighted by Gasteiger charge is -2.49. The highest BCUT2D eigenvalue weighted by molar-refractivity contribution is 6.32. The number of carboxylic acids is 2. The maximum absolute atomic E-state index is 12.4. The zero-order valence-electron chi connectivity index (χ0n) is 12.7. The summed E-state index contributed by atoms with van der Waals surface area (Å²) in [5.41, 5.74) is -0.509. The third-order valence-electron chi connectivity index (χ3n) is 4.27. The first-order chi connectivity index (χ1) is 11.8. The molecule has 2 amide bonds. The number of aliphatic carboxylic acids is 1.